The van der Waals surface area contributed by atoms with Crippen molar-refractivity contribution in [3.63, 3.8) is 0 Å². The Hall–Kier alpha value is -3.64. The SMILES string of the molecule is C=C/C(F)=C(\C=C/C)N/C(C)=C(C)/C(=C\C(=C)c1ccc(C(CCC)(CCC)C(=O)C(C)CC)c(C)c1)N=CCC.CC(C)C.CC1CCC(C)O1.CCC(C)C=O.CCCC(C)(C)CC.CCCC1CC(C)C1. The highest BCUT2D eigenvalue weighted by Gasteiger charge is 2.41. The van der Waals surface area contributed by atoms with Gasteiger partial charge in [-0.1, -0.05) is 187 Å². The summed E-state index contributed by atoms with van der Waals surface area (Å²) in [6, 6.07) is 6.38. The molecule has 1 aromatic carbocycles. The molecule has 1 heterocycles. The van der Waals surface area contributed by atoms with Crippen molar-refractivity contribution in [1.29, 1.82) is 0 Å². The molecule has 1 aromatic rings. The molecule has 74 heavy (non-hydrogen) atoms. The minimum Gasteiger partial charge on any atom is -0.376 e. The Labute approximate surface area is 459 Å². The molecule has 0 aromatic heterocycles. The van der Waals surface area contributed by atoms with E-state index in [4.69, 9.17) is 9.73 Å². The Bertz CT molecular complexity index is 1830. The largest absolute Gasteiger partial charge is 0.376 e. The van der Waals surface area contributed by atoms with Crippen LogP contribution in [-0.4, -0.2) is 30.5 Å². The second-order valence-corrected chi connectivity index (χ2v) is 23.0. The number of Topliss-reactive ketones (excluding diaryl/α,β-unsaturated/α-hetero) is 1. The number of aryl methyl sites for hydroxylation is 1. The number of halogens is 1. The number of carbonyl (C=O) groups excluding carboxylic acids is 2. The van der Waals surface area contributed by atoms with Crippen LogP contribution in [0.2, 0.25) is 0 Å². The minimum absolute atomic E-state index is 0.0267. The second-order valence-electron chi connectivity index (χ2n) is 23.0. The van der Waals surface area contributed by atoms with Crippen molar-refractivity contribution in [3.05, 3.63) is 101 Å². The van der Waals surface area contributed by atoms with Gasteiger partial charge in [-0.25, -0.2) is 4.39 Å². The summed E-state index contributed by atoms with van der Waals surface area (Å²) in [6.07, 6.45) is 29.1. The van der Waals surface area contributed by atoms with Crippen molar-refractivity contribution in [2.45, 2.75) is 273 Å². The maximum absolute atomic E-state index is 14.4. The van der Waals surface area contributed by atoms with E-state index in [0.717, 1.165) is 108 Å². The summed E-state index contributed by atoms with van der Waals surface area (Å²) in [7, 11) is 0. The van der Waals surface area contributed by atoms with Crippen LogP contribution < -0.4 is 5.32 Å². The quantitative estimate of drug-likeness (QED) is 0.0636. The number of carbonyl (C=O) groups is 2. The number of nitrogens with one attached hydrogen (secondary N) is 1. The van der Waals surface area contributed by atoms with Crippen LogP contribution in [0.5, 0.6) is 0 Å². The Morgan fingerprint density at radius 2 is 1.42 bits per heavy atom. The molecule has 1 saturated carbocycles. The third kappa shape index (κ3) is 31.4. The second kappa shape index (κ2) is 42.5. The number of aliphatic imine (C=N–C) groups is 1. The molecule has 0 amide bonds. The number of ketones is 1. The van der Waals surface area contributed by atoms with E-state index in [1.54, 1.807) is 12.2 Å². The molecule has 426 valence electrons. The van der Waals surface area contributed by atoms with Crippen LogP contribution in [0.1, 0.15) is 265 Å². The fraction of sp³-hybridized carbons (Fsp3) is 0.691. The van der Waals surface area contributed by atoms with E-state index in [2.05, 4.69) is 147 Å². The van der Waals surface area contributed by atoms with E-state index in [-0.39, 0.29) is 11.8 Å². The monoisotopic (exact) mass is 1030 g/mol. The molecule has 4 atom stereocenters. The van der Waals surface area contributed by atoms with Crippen LogP contribution in [0.4, 0.5) is 4.39 Å². The van der Waals surface area contributed by atoms with Crippen LogP contribution >= 0.6 is 0 Å². The molecule has 3 rings (SSSR count). The fourth-order valence-corrected chi connectivity index (χ4v) is 8.98. The third-order valence-electron chi connectivity index (χ3n) is 14.1. The van der Waals surface area contributed by atoms with Crippen molar-refractivity contribution in [3.8, 4) is 0 Å². The Morgan fingerprint density at radius 3 is 1.76 bits per heavy atom. The van der Waals surface area contributed by atoms with E-state index in [9.17, 15) is 14.0 Å². The lowest BCUT2D eigenvalue weighted by Crippen LogP contribution is -2.40. The average Bonchev–Trinajstić information content (AvgIpc) is 3.75. The first kappa shape index (κ1) is 74.6. The number of benzene rings is 1. The number of allylic oxidation sites excluding steroid dienone is 8. The Kier molecular flexibility index (Phi) is 42.8. The van der Waals surface area contributed by atoms with E-state index >= 15 is 0 Å². The summed E-state index contributed by atoms with van der Waals surface area (Å²) in [5.74, 6) is 3.20. The number of rotatable bonds is 24. The first-order valence-electron chi connectivity index (χ1n) is 29.5. The Morgan fingerprint density at radius 1 is 0.878 bits per heavy atom. The summed E-state index contributed by atoms with van der Waals surface area (Å²) in [5.41, 5.74) is 6.94. The zero-order valence-corrected chi connectivity index (χ0v) is 52.5. The molecule has 0 spiro atoms. The zero-order valence-electron chi connectivity index (χ0n) is 52.5. The van der Waals surface area contributed by atoms with Gasteiger partial charge in [0.1, 0.15) is 17.9 Å². The molecule has 1 aliphatic carbocycles. The van der Waals surface area contributed by atoms with Gasteiger partial charge in [-0.15, -0.1) is 0 Å². The third-order valence-corrected chi connectivity index (χ3v) is 14.1. The van der Waals surface area contributed by atoms with Crippen LogP contribution in [0.15, 0.2) is 89.1 Å². The number of aldehydes is 1. The van der Waals surface area contributed by atoms with Gasteiger partial charge in [0.2, 0.25) is 0 Å². The smallest absolute Gasteiger partial charge is 0.146 e. The minimum atomic E-state index is -0.462. The van der Waals surface area contributed by atoms with Gasteiger partial charge in [-0.3, -0.25) is 9.79 Å². The average molecular weight is 1030 g/mol. The van der Waals surface area contributed by atoms with Crippen LogP contribution in [-0.2, 0) is 19.7 Å². The number of nitrogens with zero attached hydrogens (tertiary/aromatic N) is 1. The van der Waals surface area contributed by atoms with E-state index in [0.29, 0.717) is 29.1 Å². The Balaban J connectivity index is -0.00000120. The van der Waals surface area contributed by atoms with Gasteiger partial charge < -0.3 is 14.8 Å². The first-order chi connectivity index (χ1) is 34.7. The highest BCUT2D eigenvalue weighted by atomic mass is 19.1. The van der Waals surface area contributed by atoms with Gasteiger partial charge in [-0.05, 0) is 175 Å². The van der Waals surface area contributed by atoms with Crippen LogP contribution in [0.3, 0.4) is 0 Å². The molecule has 1 N–H and O–H groups in total. The van der Waals surface area contributed by atoms with E-state index in [1.165, 1.54) is 63.9 Å². The number of ether oxygens (including phenoxy) is 1. The van der Waals surface area contributed by atoms with Gasteiger partial charge in [0.05, 0.1) is 29.0 Å². The molecule has 1 aliphatic heterocycles. The highest BCUT2D eigenvalue weighted by Crippen LogP contribution is 2.41. The van der Waals surface area contributed by atoms with Crippen molar-refractivity contribution in [2.24, 2.45) is 40.0 Å². The zero-order chi connectivity index (χ0) is 57.6. The van der Waals surface area contributed by atoms with E-state index < -0.39 is 11.2 Å². The van der Waals surface area contributed by atoms with Gasteiger partial charge in [-0.2, -0.15) is 0 Å². The summed E-state index contributed by atoms with van der Waals surface area (Å²) < 4.78 is 19.7. The summed E-state index contributed by atoms with van der Waals surface area (Å²) in [5, 5.41) is 3.17. The van der Waals surface area contributed by atoms with Crippen LogP contribution in [0, 0.1) is 41.9 Å². The first-order valence-corrected chi connectivity index (χ1v) is 29.5. The fourth-order valence-electron chi connectivity index (χ4n) is 8.98. The predicted molar refractivity (Wildman–Crippen MR) is 329 cm³/mol. The van der Waals surface area contributed by atoms with Crippen LogP contribution in [0.25, 0.3) is 5.57 Å². The lowest BCUT2D eigenvalue weighted by molar-refractivity contribution is -0.129. The standard InChI is InChI=1S/C37H53FN2O.C8H16.C8H18.C6H12O.C5H10O.C4H10/c1-12-18-34(33(38)17-6)40-30(11)29(10)35(39-23-15-4)25-27(8)31-19-20-32(28(9)24-31)37(21-13-2,22-14-3)36(41)26(7)16-5;1-3-4-8-5-7(2)6-8;1-5-7-8(3,4)6-2;1-5-3-4-6(2)7-5;1-3-5(2)4-6;1-4(2)3/h12,17-20,23-26,40H,6,8,13-16,21-22H2,1-5,7,9-11H3;7-8H,3-6H2,1-2H3;5-7H2,1-4H3;5-6H,3-4H2,1-2H3;4-5H,3H2,1-2H3;4H,1-3H3/b18-12-,30-29+,34-33-,35-25+,39-23?;;;;;. The molecular weight excluding hydrogens is 912 g/mol. The molecule has 5 nitrogen and oxygen atoms in total. The topological polar surface area (TPSA) is 67.8 Å². The molecule has 2 aliphatic rings. The summed E-state index contributed by atoms with van der Waals surface area (Å²) in [6.45, 7) is 54.7. The molecule has 6 heteroatoms. The van der Waals surface area contributed by atoms with Crippen molar-refractivity contribution in [1.82, 2.24) is 5.32 Å². The number of hydrogen-bond acceptors (Lipinski definition) is 5. The summed E-state index contributed by atoms with van der Waals surface area (Å²) >= 11 is 0. The van der Waals surface area contributed by atoms with Crippen molar-refractivity contribution < 1.29 is 18.7 Å². The summed E-state index contributed by atoms with van der Waals surface area (Å²) in [4.78, 5) is 28.3. The molecule has 2 fully saturated rings. The molecule has 4 unspecified atom stereocenters. The normalized spacial score (nSPS) is 18.9. The van der Waals surface area contributed by atoms with Gasteiger partial charge in [0.25, 0.3) is 0 Å². The molecule has 0 bridgehead atoms. The highest BCUT2D eigenvalue weighted by molar-refractivity contribution is 5.92. The molecular formula is C68H119FN2O3. The van der Waals surface area contributed by atoms with Crippen molar-refractivity contribution in [2.75, 3.05) is 0 Å². The maximum atomic E-state index is 14.4. The lowest BCUT2D eigenvalue weighted by atomic mass is 9.65. The van der Waals surface area contributed by atoms with Crippen molar-refractivity contribution >= 4 is 23.9 Å². The predicted octanol–water partition coefficient (Wildman–Crippen LogP) is 21.2. The van der Waals surface area contributed by atoms with E-state index in [1.807, 2.05) is 53.8 Å². The van der Waals surface area contributed by atoms with Gasteiger partial charge >= 0.3 is 0 Å². The molecule has 1 saturated heterocycles. The lowest BCUT2D eigenvalue weighted by Gasteiger charge is -2.36. The van der Waals surface area contributed by atoms with Gasteiger partial charge in [0, 0.05) is 23.7 Å². The number of hydrogen-bond donors (Lipinski definition) is 1. The molecule has 0 radical (unpaired) electrons. The maximum Gasteiger partial charge on any atom is 0.146 e. The van der Waals surface area contributed by atoms with Gasteiger partial charge in [0.15, 0.2) is 0 Å².